The van der Waals surface area contributed by atoms with Gasteiger partial charge in [-0.1, -0.05) is 17.2 Å². The lowest BCUT2D eigenvalue weighted by atomic mass is 9.97. The SMILES string of the molecule is C#CCC1(C(=O)ON2C(=O)c3ccccc3C2=O)CCCO1. The summed E-state index contributed by atoms with van der Waals surface area (Å²) in [6, 6.07) is 6.28. The number of hydrogen-bond acceptors (Lipinski definition) is 5. The number of carbonyl (C=O) groups is 3. The van der Waals surface area contributed by atoms with Gasteiger partial charge in [0, 0.05) is 13.0 Å². The number of terminal acetylenes is 1. The van der Waals surface area contributed by atoms with E-state index in [1.807, 2.05) is 0 Å². The summed E-state index contributed by atoms with van der Waals surface area (Å²) in [4.78, 5) is 41.7. The average Bonchev–Trinajstić information content (AvgIpc) is 3.09. The molecule has 0 radical (unpaired) electrons. The molecular weight excluding hydrogens is 286 g/mol. The molecule has 6 nitrogen and oxygen atoms in total. The van der Waals surface area contributed by atoms with Crippen molar-refractivity contribution in [2.24, 2.45) is 0 Å². The summed E-state index contributed by atoms with van der Waals surface area (Å²) in [6.07, 6.45) is 6.38. The minimum atomic E-state index is -1.27. The number of carbonyl (C=O) groups excluding carboxylic acids is 3. The topological polar surface area (TPSA) is 72.9 Å². The van der Waals surface area contributed by atoms with E-state index < -0.39 is 23.4 Å². The maximum absolute atomic E-state index is 12.4. The second-order valence-electron chi connectivity index (χ2n) is 5.16. The summed E-state index contributed by atoms with van der Waals surface area (Å²) in [5, 5.41) is 0.479. The van der Waals surface area contributed by atoms with Gasteiger partial charge in [0.05, 0.1) is 11.1 Å². The molecule has 1 aromatic carbocycles. The van der Waals surface area contributed by atoms with E-state index in [4.69, 9.17) is 16.0 Å². The van der Waals surface area contributed by atoms with E-state index in [0.29, 0.717) is 24.5 Å². The van der Waals surface area contributed by atoms with Crippen LogP contribution >= 0.6 is 0 Å². The second kappa shape index (κ2) is 5.28. The van der Waals surface area contributed by atoms with E-state index >= 15 is 0 Å². The van der Waals surface area contributed by atoms with Crippen molar-refractivity contribution in [3.8, 4) is 12.3 Å². The number of hydrogen-bond donors (Lipinski definition) is 0. The molecule has 0 N–H and O–H groups in total. The first-order chi connectivity index (χ1) is 10.6. The van der Waals surface area contributed by atoms with Crippen LogP contribution in [-0.4, -0.2) is 35.1 Å². The minimum Gasteiger partial charge on any atom is -0.362 e. The van der Waals surface area contributed by atoms with Gasteiger partial charge in [0.25, 0.3) is 11.8 Å². The zero-order valence-electron chi connectivity index (χ0n) is 11.7. The van der Waals surface area contributed by atoms with Crippen LogP contribution in [0.5, 0.6) is 0 Å². The maximum atomic E-state index is 12.4. The molecule has 1 unspecified atom stereocenters. The fourth-order valence-electron chi connectivity index (χ4n) is 2.65. The van der Waals surface area contributed by atoms with Gasteiger partial charge in [-0.15, -0.1) is 12.3 Å². The first kappa shape index (κ1) is 14.3. The van der Waals surface area contributed by atoms with Crippen molar-refractivity contribution >= 4 is 17.8 Å². The van der Waals surface area contributed by atoms with Gasteiger partial charge < -0.3 is 9.57 Å². The fraction of sp³-hybridized carbons (Fsp3) is 0.312. The number of ether oxygens (including phenoxy) is 1. The van der Waals surface area contributed by atoms with Crippen molar-refractivity contribution in [3.05, 3.63) is 35.4 Å². The van der Waals surface area contributed by atoms with Crippen molar-refractivity contribution in [2.75, 3.05) is 6.61 Å². The second-order valence-corrected chi connectivity index (χ2v) is 5.16. The van der Waals surface area contributed by atoms with Crippen LogP contribution < -0.4 is 0 Å². The Morgan fingerprint density at radius 1 is 1.32 bits per heavy atom. The Labute approximate surface area is 126 Å². The van der Waals surface area contributed by atoms with Gasteiger partial charge >= 0.3 is 5.97 Å². The summed E-state index contributed by atoms with van der Waals surface area (Å²) in [5.74, 6) is 0.246. The highest BCUT2D eigenvalue weighted by atomic mass is 16.7. The summed E-state index contributed by atoms with van der Waals surface area (Å²) in [6.45, 7) is 0.388. The molecule has 22 heavy (non-hydrogen) atoms. The minimum absolute atomic E-state index is 0.0367. The third kappa shape index (κ3) is 2.07. The van der Waals surface area contributed by atoms with Gasteiger partial charge in [0.15, 0.2) is 5.60 Å². The summed E-state index contributed by atoms with van der Waals surface area (Å²) >= 11 is 0. The van der Waals surface area contributed by atoms with Gasteiger partial charge in [-0.2, -0.15) is 0 Å². The highest BCUT2D eigenvalue weighted by molar-refractivity contribution is 6.21. The Morgan fingerprint density at radius 3 is 2.45 bits per heavy atom. The number of imide groups is 1. The van der Waals surface area contributed by atoms with E-state index in [2.05, 4.69) is 5.92 Å². The molecule has 0 spiro atoms. The Kier molecular flexibility index (Phi) is 3.43. The Hall–Kier alpha value is -2.65. The van der Waals surface area contributed by atoms with Crippen LogP contribution in [0.1, 0.15) is 40.0 Å². The lowest BCUT2D eigenvalue weighted by Crippen LogP contribution is -2.44. The van der Waals surface area contributed by atoms with Crippen molar-refractivity contribution in [2.45, 2.75) is 24.9 Å². The van der Waals surface area contributed by atoms with Gasteiger partial charge in [-0.3, -0.25) is 9.59 Å². The molecule has 1 fully saturated rings. The van der Waals surface area contributed by atoms with Gasteiger partial charge in [-0.25, -0.2) is 4.79 Å². The lowest BCUT2D eigenvalue weighted by molar-refractivity contribution is -0.191. The van der Waals surface area contributed by atoms with Crippen LogP contribution in [0.15, 0.2) is 24.3 Å². The molecule has 1 atom stereocenters. The van der Waals surface area contributed by atoms with Crippen LogP contribution in [0.2, 0.25) is 0 Å². The predicted octanol–water partition coefficient (Wildman–Crippen LogP) is 1.31. The highest BCUT2D eigenvalue weighted by Gasteiger charge is 2.48. The molecule has 2 heterocycles. The number of amides is 2. The van der Waals surface area contributed by atoms with Crippen molar-refractivity contribution in [3.63, 3.8) is 0 Å². The molecule has 0 aliphatic carbocycles. The molecule has 3 rings (SSSR count). The van der Waals surface area contributed by atoms with E-state index in [9.17, 15) is 14.4 Å². The number of rotatable bonds is 3. The van der Waals surface area contributed by atoms with Gasteiger partial charge in [0.1, 0.15) is 0 Å². The number of fused-ring (bicyclic) bond motifs is 1. The van der Waals surface area contributed by atoms with Crippen LogP contribution in [0, 0.1) is 12.3 Å². The largest absolute Gasteiger partial charge is 0.365 e. The quantitative estimate of drug-likeness (QED) is 0.621. The number of hydroxylamine groups is 2. The van der Waals surface area contributed by atoms with Crippen molar-refractivity contribution < 1.29 is 24.0 Å². The van der Waals surface area contributed by atoms with Crippen LogP contribution in [0.25, 0.3) is 0 Å². The van der Waals surface area contributed by atoms with Crippen LogP contribution in [-0.2, 0) is 14.4 Å². The number of nitrogens with zero attached hydrogens (tertiary/aromatic N) is 1. The Bertz CT molecular complexity index is 662. The highest BCUT2D eigenvalue weighted by Crippen LogP contribution is 2.32. The van der Waals surface area contributed by atoms with Crippen LogP contribution in [0.4, 0.5) is 0 Å². The van der Waals surface area contributed by atoms with Gasteiger partial charge in [-0.05, 0) is 25.0 Å². The maximum Gasteiger partial charge on any atom is 0.365 e. The third-order valence-corrected chi connectivity index (χ3v) is 3.79. The Balaban J connectivity index is 1.83. The smallest absolute Gasteiger partial charge is 0.362 e. The Morgan fingerprint density at radius 2 is 1.95 bits per heavy atom. The monoisotopic (exact) mass is 299 g/mol. The summed E-state index contributed by atoms with van der Waals surface area (Å²) in [5.41, 5.74) is -0.860. The lowest BCUT2D eigenvalue weighted by Gasteiger charge is -2.25. The number of benzene rings is 1. The third-order valence-electron chi connectivity index (χ3n) is 3.79. The molecule has 112 valence electrons. The first-order valence-electron chi connectivity index (χ1n) is 6.87. The van der Waals surface area contributed by atoms with E-state index in [0.717, 1.165) is 0 Å². The van der Waals surface area contributed by atoms with E-state index in [1.54, 1.807) is 12.1 Å². The molecule has 2 aliphatic heterocycles. The van der Waals surface area contributed by atoms with Crippen molar-refractivity contribution in [1.82, 2.24) is 5.06 Å². The fourth-order valence-corrected chi connectivity index (χ4v) is 2.65. The molecule has 0 aromatic heterocycles. The van der Waals surface area contributed by atoms with E-state index in [-0.39, 0.29) is 17.5 Å². The first-order valence-corrected chi connectivity index (χ1v) is 6.87. The summed E-state index contributed by atoms with van der Waals surface area (Å²) < 4.78 is 5.43. The zero-order chi connectivity index (χ0) is 15.7. The molecule has 1 aromatic rings. The zero-order valence-corrected chi connectivity index (χ0v) is 11.7. The standard InChI is InChI=1S/C16H13NO5/c1-2-8-16(9-5-10-21-16)15(20)22-17-13(18)11-6-3-4-7-12(11)14(17)19/h1,3-4,6-7H,5,8-10H2. The molecule has 1 saturated heterocycles. The van der Waals surface area contributed by atoms with Crippen molar-refractivity contribution in [1.29, 1.82) is 0 Å². The summed E-state index contributed by atoms with van der Waals surface area (Å²) in [7, 11) is 0. The molecular formula is C16H13NO5. The molecule has 2 amide bonds. The average molecular weight is 299 g/mol. The molecule has 6 heteroatoms. The molecule has 2 aliphatic rings. The normalized spacial score (nSPS) is 23.3. The molecule has 0 saturated carbocycles. The predicted molar refractivity (Wildman–Crippen MR) is 74.4 cm³/mol. The molecule has 0 bridgehead atoms. The van der Waals surface area contributed by atoms with E-state index in [1.165, 1.54) is 12.1 Å². The van der Waals surface area contributed by atoms with Gasteiger partial charge in [0.2, 0.25) is 0 Å². The van der Waals surface area contributed by atoms with Crippen LogP contribution in [0.3, 0.4) is 0 Å².